The number of rotatable bonds is 4. The molecule has 2 heterocycles. The summed E-state index contributed by atoms with van der Waals surface area (Å²) in [5.74, 6) is 0.369. The number of para-hydroxylation sites is 1. The average molecular weight is 443 g/mol. The van der Waals surface area contributed by atoms with Crippen molar-refractivity contribution in [1.29, 1.82) is 0 Å². The summed E-state index contributed by atoms with van der Waals surface area (Å²) in [6, 6.07) is 9.51. The maximum atomic E-state index is 13.7. The summed E-state index contributed by atoms with van der Waals surface area (Å²) in [7, 11) is 1.36. The number of esters is 1. The van der Waals surface area contributed by atoms with Gasteiger partial charge in [-0.15, -0.1) is 11.3 Å². The van der Waals surface area contributed by atoms with E-state index in [2.05, 4.69) is 20.8 Å². The highest BCUT2D eigenvalue weighted by Crippen LogP contribution is 2.42. The molecule has 0 saturated carbocycles. The van der Waals surface area contributed by atoms with Crippen molar-refractivity contribution >= 4 is 39.3 Å². The maximum absolute atomic E-state index is 13.7. The number of benzene rings is 1. The van der Waals surface area contributed by atoms with Crippen LogP contribution in [0.15, 0.2) is 40.3 Å². The molecule has 2 aromatic heterocycles. The van der Waals surface area contributed by atoms with Gasteiger partial charge in [-0.25, -0.2) is 4.98 Å². The maximum Gasteiger partial charge on any atom is 0.316 e. The van der Waals surface area contributed by atoms with Gasteiger partial charge in [0.2, 0.25) is 0 Å². The van der Waals surface area contributed by atoms with Crippen molar-refractivity contribution in [2.24, 2.45) is 11.3 Å². The van der Waals surface area contributed by atoms with E-state index in [-0.39, 0.29) is 22.7 Å². The van der Waals surface area contributed by atoms with Gasteiger partial charge in [-0.1, -0.05) is 50.7 Å². The third kappa shape index (κ3) is 3.93. The van der Waals surface area contributed by atoms with Crippen molar-refractivity contribution in [3.63, 3.8) is 0 Å². The molecule has 1 atom stereocenters. The Morgan fingerprint density at radius 2 is 2.03 bits per heavy atom. The van der Waals surface area contributed by atoms with E-state index in [0.717, 1.165) is 35.2 Å². The van der Waals surface area contributed by atoms with Gasteiger partial charge in [-0.2, -0.15) is 0 Å². The van der Waals surface area contributed by atoms with E-state index in [1.54, 1.807) is 15.9 Å². The first-order chi connectivity index (χ1) is 14.3. The van der Waals surface area contributed by atoms with Gasteiger partial charge >= 0.3 is 5.97 Å². The van der Waals surface area contributed by atoms with Crippen LogP contribution in [0.25, 0.3) is 15.9 Å². The summed E-state index contributed by atoms with van der Waals surface area (Å²) in [6.45, 7) is 6.87. The van der Waals surface area contributed by atoms with Crippen LogP contribution in [0.3, 0.4) is 0 Å². The molecule has 4 rings (SSSR count). The largest absolute Gasteiger partial charge is 0.468 e. The molecule has 0 fully saturated rings. The number of thioether (sulfide) groups is 1. The summed E-state index contributed by atoms with van der Waals surface area (Å²) in [5, 5.41) is 1.27. The number of carbonyl (C=O) groups is 1. The first kappa shape index (κ1) is 21.1. The molecule has 0 N–H and O–H groups in total. The lowest BCUT2D eigenvalue weighted by Crippen LogP contribution is -2.27. The molecule has 0 saturated heterocycles. The molecule has 3 aromatic rings. The summed E-state index contributed by atoms with van der Waals surface area (Å²) >= 11 is 2.88. The molecular weight excluding hydrogens is 416 g/mol. The van der Waals surface area contributed by atoms with Crippen molar-refractivity contribution in [3.05, 3.63) is 51.1 Å². The number of fused-ring (bicyclic) bond motifs is 3. The van der Waals surface area contributed by atoms with Gasteiger partial charge in [-0.05, 0) is 48.3 Å². The van der Waals surface area contributed by atoms with Crippen LogP contribution in [0.4, 0.5) is 0 Å². The average Bonchev–Trinajstić information content (AvgIpc) is 3.09. The molecule has 158 valence electrons. The van der Waals surface area contributed by atoms with Gasteiger partial charge in [0, 0.05) is 4.88 Å². The van der Waals surface area contributed by atoms with Crippen molar-refractivity contribution in [3.8, 4) is 5.69 Å². The Hall–Kier alpha value is -2.12. The zero-order valence-corrected chi connectivity index (χ0v) is 19.4. The zero-order valence-electron chi connectivity index (χ0n) is 17.7. The zero-order chi connectivity index (χ0) is 21.5. The van der Waals surface area contributed by atoms with Crippen LogP contribution in [0.2, 0.25) is 0 Å². The summed E-state index contributed by atoms with van der Waals surface area (Å²) in [4.78, 5) is 32.3. The van der Waals surface area contributed by atoms with Crippen LogP contribution in [0, 0.1) is 11.3 Å². The SMILES string of the molecule is COC(=O)CSc1nc2sc3c(c2c(=O)n1-c1ccccc1)CCC(C(C)(C)C)C3. The molecule has 1 unspecified atom stereocenters. The predicted molar refractivity (Wildman–Crippen MR) is 123 cm³/mol. The van der Waals surface area contributed by atoms with Crippen molar-refractivity contribution in [2.75, 3.05) is 12.9 Å². The van der Waals surface area contributed by atoms with Gasteiger partial charge in [0.05, 0.1) is 23.9 Å². The molecule has 1 aliphatic rings. The van der Waals surface area contributed by atoms with Gasteiger partial charge in [0.25, 0.3) is 5.56 Å². The van der Waals surface area contributed by atoms with Crippen molar-refractivity contribution < 1.29 is 9.53 Å². The quantitative estimate of drug-likeness (QED) is 0.328. The molecule has 1 aromatic carbocycles. The second-order valence-electron chi connectivity index (χ2n) is 8.72. The van der Waals surface area contributed by atoms with Crippen LogP contribution in [-0.4, -0.2) is 28.4 Å². The molecule has 30 heavy (non-hydrogen) atoms. The Balaban J connectivity index is 1.87. The van der Waals surface area contributed by atoms with E-state index in [0.29, 0.717) is 11.1 Å². The minimum Gasteiger partial charge on any atom is -0.468 e. The van der Waals surface area contributed by atoms with Crippen LogP contribution < -0.4 is 5.56 Å². The first-order valence-corrected chi connectivity index (χ1v) is 11.9. The second-order valence-corrected chi connectivity index (χ2v) is 10.8. The summed E-state index contributed by atoms with van der Waals surface area (Å²) < 4.78 is 6.41. The lowest BCUT2D eigenvalue weighted by molar-refractivity contribution is -0.137. The first-order valence-electron chi connectivity index (χ1n) is 10.1. The Morgan fingerprint density at radius 3 is 2.70 bits per heavy atom. The standard InChI is InChI=1S/C23H26N2O3S2/c1-23(2,3)14-10-11-16-17(12-14)30-20-19(16)21(27)25(15-8-6-5-7-9-15)22(24-20)29-13-18(26)28-4/h5-9,14H,10-13H2,1-4H3. The van der Waals surface area contributed by atoms with E-state index >= 15 is 0 Å². The Kier molecular flexibility index (Phi) is 5.77. The number of methoxy groups -OCH3 is 1. The number of aryl methyl sites for hydroxylation is 1. The van der Waals surface area contributed by atoms with Crippen molar-refractivity contribution in [1.82, 2.24) is 9.55 Å². The van der Waals surface area contributed by atoms with Gasteiger partial charge < -0.3 is 4.74 Å². The van der Waals surface area contributed by atoms with Crippen LogP contribution in [0.1, 0.15) is 37.6 Å². The third-order valence-electron chi connectivity index (χ3n) is 5.84. The monoisotopic (exact) mass is 442 g/mol. The van der Waals surface area contributed by atoms with Crippen LogP contribution in [-0.2, 0) is 22.4 Å². The number of hydrogen-bond donors (Lipinski definition) is 0. The molecule has 5 nitrogen and oxygen atoms in total. The molecule has 0 spiro atoms. The van der Waals surface area contributed by atoms with E-state index in [4.69, 9.17) is 9.72 Å². The number of carbonyl (C=O) groups excluding carboxylic acids is 1. The lowest BCUT2D eigenvalue weighted by Gasteiger charge is -2.33. The Morgan fingerprint density at radius 1 is 1.30 bits per heavy atom. The highest BCUT2D eigenvalue weighted by atomic mass is 32.2. The fourth-order valence-corrected chi connectivity index (χ4v) is 6.22. The van der Waals surface area contributed by atoms with Crippen LogP contribution >= 0.6 is 23.1 Å². The normalized spacial score (nSPS) is 16.5. The summed E-state index contributed by atoms with van der Waals surface area (Å²) in [6.07, 6.45) is 3.00. The number of hydrogen-bond acceptors (Lipinski definition) is 6. The molecule has 0 amide bonds. The summed E-state index contributed by atoms with van der Waals surface area (Å²) in [5.41, 5.74) is 2.12. The topological polar surface area (TPSA) is 61.2 Å². The van der Waals surface area contributed by atoms with Crippen LogP contribution in [0.5, 0.6) is 0 Å². The minimum atomic E-state index is -0.340. The highest BCUT2D eigenvalue weighted by molar-refractivity contribution is 7.99. The number of ether oxygens (including phenoxy) is 1. The molecule has 7 heteroatoms. The fourth-order valence-electron chi connectivity index (χ4n) is 4.03. The van der Waals surface area contributed by atoms with Gasteiger partial charge in [-0.3, -0.25) is 14.2 Å². The molecule has 0 bridgehead atoms. The molecular formula is C23H26N2O3S2. The Bertz CT molecular complexity index is 1140. The highest BCUT2D eigenvalue weighted by Gasteiger charge is 2.32. The van der Waals surface area contributed by atoms with Gasteiger partial charge in [0.15, 0.2) is 5.16 Å². The predicted octanol–water partition coefficient (Wildman–Crippen LogP) is 4.86. The van der Waals surface area contributed by atoms with Gasteiger partial charge in [0.1, 0.15) is 4.83 Å². The molecule has 0 radical (unpaired) electrons. The van der Waals surface area contributed by atoms with E-state index in [9.17, 15) is 9.59 Å². The molecule has 1 aliphatic carbocycles. The van der Waals surface area contributed by atoms with E-state index < -0.39 is 0 Å². The third-order valence-corrected chi connectivity index (χ3v) is 7.90. The minimum absolute atomic E-state index is 0.0507. The van der Waals surface area contributed by atoms with Crippen molar-refractivity contribution in [2.45, 2.75) is 45.2 Å². The van der Waals surface area contributed by atoms with E-state index in [1.165, 1.54) is 29.3 Å². The lowest BCUT2D eigenvalue weighted by atomic mass is 9.72. The Labute approximate surface area is 184 Å². The number of aromatic nitrogens is 2. The smallest absolute Gasteiger partial charge is 0.316 e. The van der Waals surface area contributed by atoms with E-state index in [1.807, 2.05) is 30.3 Å². The second kappa shape index (κ2) is 8.19. The molecule has 0 aliphatic heterocycles. The number of thiophene rings is 1. The number of nitrogens with zero attached hydrogens (tertiary/aromatic N) is 2. The fraction of sp³-hybridized carbons (Fsp3) is 0.435.